The Labute approximate surface area is 182 Å². The van der Waals surface area contributed by atoms with E-state index in [1.807, 2.05) is 22.6 Å². The largest absolute Gasteiger partial charge is 0.455 e. The molecule has 150 valence electrons. The van der Waals surface area contributed by atoms with Crippen molar-refractivity contribution in [2.45, 2.75) is 20.1 Å². The van der Waals surface area contributed by atoms with Crippen LogP contribution < -0.4 is 5.73 Å². The molecule has 3 rings (SSSR count). The van der Waals surface area contributed by atoms with E-state index in [0.29, 0.717) is 33.1 Å². The minimum absolute atomic E-state index is 0.0178. The lowest BCUT2D eigenvalue weighted by Gasteiger charge is -2.07. The van der Waals surface area contributed by atoms with E-state index in [-0.39, 0.29) is 22.9 Å². The number of hydrogen-bond donors (Lipinski definition) is 1. The molecule has 0 amide bonds. The van der Waals surface area contributed by atoms with Gasteiger partial charge in [0, 0.05) is 23.9 Å². The molecule has 0 saturated heterocycles. The van der Waals surface area contributed by atoms with Crippen LogP contribution in [-0.2, 0) is 17.9 Å². The van der Waals surface area contributed by atoms with Gasteiger partial charge in [-0.2, -0.15) is 0 Å². The standard InChI is InChI=1S/C16H13ClIN7O4/c1-8-20-5-9(15(19)21-8)6-24-14(18)13(22-23-24)7-29-16(26)11-3-2-10(25(27)28)4-12(11)17/h2-5H,6-7H2,1H3,(H2,19,20,21). The Morgan fingerprint density at radius 1 is 1.45 bits per heavy atom. The number of nitrogens with zero attached hydrogens (tertiary/aromatic N) is 6. The van der Waals surface area contributed by atoms with Gasteiger partial charge in [-0.05, 0) is 35.6 Å². The van der Waals surface area contributed by atoms with Gasteiger partial charge in [0.2, 0.25) is 0 Å². The topological polar surface area (TPSA) is 152 Å². The molecule has 0 radical (unpaired) electrons. The summed E-state index contributed by atoms with van der Waals surface area (Å²) in [7, 11) is 0. The van der Waals surface area contributed by atoms with E-state index < -0.39 is 10.9 Å². The first-order valence-corrected chi connectivity index (χ1v) is 9.49. The maximum Gasteiger partial charge on any atom is 0.340 e. The highest BCUT2D eigenvalue weighted by molar-refractivity contribution is 14.1. The number of aromatic nitrogens is 5. The third kappa shape index (κ3) is 4.76. The van der Waals surface area contributed by atoms with Crippen LogP contribution in [0.1, 0.15) is 27.4 Å². The molecule has 2 heterocycles. The number of nitrogen functional groups attached to an aromatic ring is 1. The minimum Gasteiger partial charge on any atom is -0.455 e. The van der Waals surface area contributed by atoms with Gasteiger partial charge in [0.05, 0.1) is 22.1 Å². The Morgan fingerprint density at radius 3 is 2.86 bits per heavy atom. The second-order valence-electron chi connectivity index (χ2n) is 5.81. The van der Waals surface area contributed by atoms with Gasteiger partial charge in [-0.1, -0.05) is 16.8 Å². The van der Waals surface area contributed by atoms with Gasteiger partial charge in [-0.3, -0.25) is 10.1 Å². The van der Waals surface area contributed by atoms with Crippen molar-refractivity contribution in [3.63, 3.8) is 0 Å². The van der Waals surface area contributed by atoms with E-state index in [4.69, 9.17) is 22.1 Å². The van der Waals surface area contributed by atoms with Crippen molar-refractivity contribution in [2.24, 2.45) is 0 Å². The van der Waals surface area contributed by atoms with E-state index in [1.54, 1.807) is 17.8 Å². The van der Waals surface area contributed by atoms with Crippen molar-refractivity contribution in [1.82, 2.24) is 25.0 Å². The Morgan fingerprint density at radius 2 is 2.21 bits per heavy atom. The van der Waals surface area contributed by atoms with Crippen LogP contribution >= 0.6 is 34.2 Å². The molecule has 0 unspecified atom stereocenters. The molecule has 0 saturated carbocycles. The van der Waals surface area contributed by atoms with Crippen LogP contribution in [0.3, 0.4) is 0 Å². The van der Waals surface area contributed by atoms with E-state index >= 15 is 0 Å². The molecule has 2 aromatic heterocycles. The van der Waals surface area contributed by atoms with Crippen molar-refractivity contribution in [2.75, 3.05) is 5.73 Å². The first-order chi connectivity index (χ1) is 13.8. The average Bonchev–Trinajstić information content (AvgIpc) is 3.01. The van der Waals surface area contributed by atoms with Gasteiger partial charge in [0.25, 0.3) is 5.69 Å². The molecular weight excluding hydrogens is 517 g/mol. The summed E-state index contributed by atoms with van der Waals surface area (Å²) in [5, 5.41) is 18.7. The SMILES string of the molecule is Cc1ncc(Cn2nnc(COC(=O)c3ccc([N+](=O)[O-])cc3Cl)c2I)c(N)n1. The normalized spacial score (nSPS) is 10.7. The van der Waals surface area contributed by atoms with Crippen LogP contribution in [-0.4, -0.2) is 35.9 Å². The Bertz CT molecular complexity index is 1100. The highest BCUT2D eigenvalue weighted by atomic mass is 127. The first-order valence-electron chi connectivity index (χ1n) is 8.03. The predicted octanol–water partition coefficient (Wildman–Crippen LogP) is 2.53. The molecular formula is C16H13ClIN7O4. The number of aryl methyl sites for hydroxylation is 1. The summed E-state index contributed by atoms with van der Waals surface area (Å²) in [5.41, 5.74) is 6.81. The third-order valence-corrected chi connectivity index (χ3v) is 5.29. The molecule has 1 aromatic carbocycles. The number of rotatable bonds is 6. The quantitative estimate of drug-likeness (QED) is 0.220. The second kappa shape index (κ2) is 8.65. The second-order valence-corrected chi connectivity index (χ2v) is 7.24. The van der Waals surface area contributed by atoms with E-state index in [2.05, 4.69) is 20.3 Å². The number of halogens is 2. The number of esters is 1. The van der Waals surface area contributed by atoms with Gasteiger partial charge in [-0.15, -0.1) is 5.10 Å². The smallest absolute Gasteiger partial charge is 0.340 e. The first kappa shape index (κ1) is 20.9. The molecule has 0 aliphatic rings. The Balaban J connectivity index is 1.69. The van der Waals surface area contributed by atoms with Gasteiger partial charge in [0.1, 0.15) is 27.6 Å². The van der Waals surface area contributed by atoms with Crippen LogP contribution in [0.4, 0.5) is 11.5 Å². The summed E-state index contributed by atoms with van der Waals surface area (Å²) in [4.78, 5) is 30.6. The van der Waals surface area contributed by atoms with Gasteiger partial charge >= 0.3 is 5.97 Å². The molecule has 0 spiro atoms. The zero-order valence-electron chi connectivity index (χ0n) is 14.9. The molecule has 3 aromatic rings. The fraction of sp³-hybridized carbons (Fsp3) is 0.188. The number of benzene rings is 1. The predicted molar refractivity (Wildman–Crippen MR) is 110 cm³/mol. The molecule has 0 bridgehead atoms. The molecule has 0 atom stereocenters. The van der Waals surface area contributed by atoms with Gasteiger partial charge in [0.15, 0.2) is 0 Å². The number of nitrogens with two attached hydrogens (primary N) is 1. The number of non-ortho nitro benzene ring substituents is 1. The van der Waals surface area contributed by atoms with Crippen LogP contribution in [0.5, 0.6) is 0 Å². The maximum absolute atomic E-state index is 12.2. The van der Waals surface area contributed by atoms with Crippen molar-refractivity contribution in [1.29, 1.82) is 0 Å². The van der Waals surface area contributed by atoms with Crippen LogP contribution in [0.25, 0.3) is 0 Å². The van der Waals surface area contributed by atoms with Crippen molar-refractivity contribution in [3.05, 3.63) is 65.9 Å². The minimum atomic E-state index is -0.730. The van der Waals surface area contributed by atoms with Crippen molar-refractivity contribution in [3.8, 4) is 0 Å². The number of nitro groups is 1. The van der Waals surface area contributed by atoms with Crippen LogP contribution in [0.15, 0.2) is 24.4 Å². The van der Waals surface area contributed by atoms with Crippen molar-refractivity contribution >= 4 is 51.7 Å². The highest BCUT2D eigenvalue weighted by Gasteiger charge is 2.18. The van der Waals surface area contributed by atoms with Gasteiger partial charge in [-0.25, -0.2) is 19.4 Å². The maximum atomic E-state index is 12.2. The van der Waals surface area contributed by atoms with Crippen molar-refractivity contribution < 1.29 is 14.5 Å². The average molecular weight is 530 g/mol. The number of nitro benzene ring substituents is 1. The number of anilines is 1. The third-order valence-electron chi connectivity index (χ3n) is 3.80. The number of ether oxygens (including phenoxy) is 1. The Hall–Kier alpha value is -2.87. The fourth-order valence-corrected chi connectivity index (χ4v) is 3.10. The lowest BCUT2D eigenvalue weighted by molar-refractivity contribution is -0.384. The summed E-state index contributed by atoms with van der Waals surface area (Å²) in [6, 6.07) is 3.51. The fourth-order valence-electron chi connectivity index (χ4n) is 2.32. The van der Waals surface area contributed by atoms with E-state index in [9.17, 15) is 14.9 Å². The lowest BCUT2D eigenvalue weighted by Crippen LogP contribution is -2.10. The number of carbonyl (C=O) groups is 1. The molecule has 2 N–H and O–H groups in total. The molecule has 13 heteroatoms. The molecule has 0 aliphatic heterocycles. The van der Waals surface area contributed by atoms with E-state index in [1.165, 1.54) is 12.1 Å². The summed E-state index contributed by atoms with van der Waals surface area (Å²) in [6.45, 7) is 1.90. The van der Waals surface area contributed by atoms with Crippen LogP contribution in [0.2, 0.25) is 5.02 Å². The Kier molecular flexibility index (Phi) is 6.22. The van der Waals surface area contributed by atoms with Gasteiger partial charge < -0.3 is 10.5 Å². The summed E-state index contributed by atoms with van der Waals surface area (Å²) >= 11 is 7.96. The number of carbonyl (C=O) groups excluding carboxylic acids is 1. The number of hydrogen-bond acceptors (Lipinski definition) is 9. The zero-order valence-corrected chi connectivity index (χ0v) is 17.8. The van der Waals surface area contributed by atoms with Crippen LogP contribution in [0, 0.1) is 20.7 Å². The molecule has 0 fully saturated rings. The molecule has 11 nitrogen and oxygen atoms in total. The highest BCUT2D eigenvalue weighted by Crippen LogP contribution is 2.23. The summed E-state index contributed by atoms with van der Waals surface area (Å²) in [6.07, 6.45) is 1.62. The zero-order chi connectivity index (χ0) is 21.1. The monoisotopic (exact) mass is 529 g/mol. The van der Waals surface area contributed by atoms with E-state index in [0.717, 1.165) is 6.07 Å². The summed E-state index contributed by atoms with van der Waals surface area (Å²) in [5.74, 6) is 0.188. The molecule has 29 heavy (non-hydrogen) atoms. The molecule has 0 aliphatic carbocycles. The lowest BCUT2D eigenvalue weighted by atomic mass is 10.2. The summed E-state index contributed by atoms with van der Waals surface area (Å²) < 4.78 is 7.44.